The maximum atomic E-state index is 12.3. The fraction of sp³-hybridized carbons (Fsp3) is 0.600. The Bertz CT molecular complexity index is 444. The van der Waals surface area contributed by atoms with Gasteiger partial charge in [0.2, 0.25) is 5.91 Å². The average molecular weight is 278 g/mol. The van der Waals surface area contributed by atoms with E-state index < -0.39 is 0 Å². The van der Waals surface area contributed by atoms with Crippen LogP contribution in [0.3, 0.4) is 0 Å². The number of nitrogens with zero attached hydrogens (tertiary/aromatic N) is 2. The number of carbonyl (C=O) groups excluding carboxylic acids is 2. The number of furan rings is 1. The van der Waals surface area contributed by atoms with E-state index in [1.165, 1.54) is 12.5 Å². The summed E-state index contributed by atoms with van der Waals surface area (Å²) in [6.07, 6.45) is 4.47. The van der Waals surface area contributed by atoms with E-state index in [2.05, 4.69) is 0 Å². The standard InChI is InChI=1S/C15H22N2O3/c1-3-16(4-2)14(18)12-5-8-17(9-6-12)15(19)13-7-10-20-11-13/h7,10-12H,3-6,8-9H2,1-2H3. The number of hydrogen-bond donors (Lipinski definition) is 0. The Morgan fingerprint density at radius 2 is 1.95 bits per heavy atom. The van der Waals surface area contributed by atoms with Gasteiger partial charge in [0.1, 0.15) is 6.26 Å². The van der Waals surface area contributed by atoms with Crippen LogP contribution in [0.15, 0.2) is 23.0 Å². The fourth-order valence-corrected chi connectivity index (χ4v) is 2.69. The molecule has 1 aliphatic rings. The lowest BCUT2D eigenvalue weighted by Gasteiger charge is -2.33. The van der Waals surface area contributed by atoms with E-state index >= 15 is 0 Å². The highest BCUT2D eigenvalue weighted by Gasteiger charge is 2.29. The number of likely N-dealkylation sites (tertiary alicyclic amines) is 1. The molecular weight excluding hydrogens is 256 g/mol. The monoisotopic (exact) mass is 278 g/mol. The highest BCUT2D eigenvalue weighted by atomic mass is 16.3. The van der Waals surface area contributed by atoms with Crippen molar-refractivity contribution >= 4 is 11.8 Å². The van der Waals surface area contributed by atoms with Crippen molar-refractivity contribution in [1.82, 2.24) is 9.80 Å². The van der Waals surface area contributed by atoms with Gasteiger partial charge in [-0.1, -0.05) is 0 Å². The molecule has 0 aliphatic carbocycles. The minimum Gasteiger partial charge on any atom is -0.472 e. The predicted molar refractivity (Wildman–Crippen MR) is 75.3 cm³/mol. The lowest BCUT2D eigenvalue weighted by atomic mass is 9.95. The van der Waals surface area contributed by atoms with E-state index in [0.29, 0.717) is 18.7 Å². The molecule has 1 saturated heterocycles. The minimum atomic E-state index is -0.00696. The summed E-state index contributed by atoms with van der Waals surface area (Å²) >= 11 is 0. The van der Waals surface area contributed by atoms with Crippen LogP contribution < -0.4 is 0 Å². The molecule has 0 radical (unpaired) electrons. The van der Waals surface area contributed by atoms with Crippen molar-refractivity contribution in [3.05, 3.63) is 24.2 Å². The van der Waals surface area contributed by atoms with Gasteiger partial charge in [-0.25, -0.2) is 0 Å². The van der Waals surface area contributed by atoms with Gasteiger partial charge in [-0.05, 0) is 32.8 Å². The quantitative estimate of drug-likeness (QED) is 0.846. The van der Waals surface area contributed by atoms with Crippen LogP contribution in [0.5, 0.6) is 0 Å². The van der Waals surface area contributed by atoms with Gasteiger partial charge >= 0.3 is 0 Å². The topological polar surface area (TPSA) is 53.8 Å². The molecule has 1 aromatic heterocycles. The molecule has 2 rings (SSSR count). The van der Waals surface area contributed by atoms with E-state index in [-0.39, 0.29) is 17.7 Å². The van der Waals surface area contributed by atoms with Gasteiger partial charge in [-0.3, -0.25) is 9.59 Å². The third-order valence-electron chi connectivity index (χ3n) is 3.97. The number of rotatable bonds is 4. The second-order valence-electron chi connectivity index (χ2n) is 5.09. The Hall–Kier alpha value is -1.78. The number of carbonyl (C=O) groups is 2. The van der Waals surface area contributed by atoms with Crippen LogP contribution in [-0.4, -0.2) is 47.8 Å². The normalized spacial score (nSPS) is 16.2. The molecule has 1 fully saturated rings. The molecule has 0 spiro atoms. The zero-order chi connectivity index (χ0) is 14.5. The fourth-order valence-electron chi connectivity index (χ4n) is 2.69. The molecule has 0 saturated carbocycles. The Kier molecular flexibility index (Phi) is 4.82. The summed E-state index contributed by atoms with van der Waals surface area (Å²) in [6, 6.07) is 1.68. The lowest BCUT2D eigenvalue weighted by Crippen LogP contribution is -2.44. The molecule has 0 aromatic carbocycles. The van der Waals surface area contributed by atoms with Crippen molar-refractivity contribution in [1.29, 1.82) is 0 Å². The maximum absolute atomic E-state index is 12.3. The van der Waals surface area contributed by atoms with E-state index in [0.717, 1.165) is 25.9 Å². The number of piperidine rings is 1. The van der Waals surface area contributed by atoms with Gasteiger partial charge in [-0.2, -0.15) is 0 Å². The first-order chi connectivity index (χ1) is 9.67. The summed E-state index contributed by atoms with van der Waals surface area (Å²) in [7, 11) is 0. The first kappa shape index (κ1) is 14.6. The van der Waals surface area contributed by atoms with Crippen molar-refractivity contribution in [3.63, 3.8) is 0 Å². The smallest absolute Gasteiger partial charge is 0.257 e. The summed E-state index contributed by atoms with van der Waals surface area (Å²) in [4.78, 5) is 28.1. The molecule has 2 heterocycles. The van der Waals surface area contributed by atoms with Gasteiger partial charge in [0, 0.05) is 32.1 Å². The highest BCUT2D eigenvalue weighted by molar-refractivity contribution is 5.94. The molecule has 2 amide bonds. The summed E-state index contributed by atoms with van der Waals surface area (Å²) in [6.45, 7) is 6.79. The average Bonchev–Trinajstić information content (AvgIpc) is 3.02. The van der Waals surface area contributed by atoms with Crippen LogP contribution in [-0.2, 0) is 4.79 Å². The third kappa shape index (κ3) is 3.03. The largest absolute Gasteiger partial charge is 0.472 e. The summed E-state index contributed by atoms with van der Waals surface area (Å²) in [5.41, 5.74) is 0.582. The Labute approximate surface area is 119 Å². The third-order valence-corrected chi connectivity index (χ3v) is 3.97. The maximum Gasteiger partial charge on any atom is 0.257 e. The molecule has 20 heavy (non-hydrogen) atoms. The van der Waals surface area contributed by atoms with Crippen molar-refractivity contribution < 1.29 is 14.0 Å². The molecule has 1 aliphatic heterocycles. The van der Waals surface area contributed by atoms with Gasteiger partial charge < -0.3 is 14.2 Å². The summed E-state index contributed by atoms with van der Waals surface area (Å²) in [5, 5.41) is 0. The van der Waals surface area contributed by atoms with Crippen molar-refractivity contribution in [2.75, 3.05) is 26.2 Å². The molecule has 0 atom stereocenters. The molecule has 5 heteroatoms. The summed E-state index contributed by atoms with van der Waals surface area (Å²) in [5.74, 6) is 0.279. The van der Waals surface area contributed by atoms with Gasteiger partial charge in [0.25, 0.3) is 5.91 Å². The second kappa shape index (κ2) is 6.59. The van der Waals surface area contributed by atoms with Crippen LogP contribution in [0, 0.1) is 5.92 Å². The Morgan fingerprint density at radius 1 is 1.30 bits per heavy atom. The molecule has 0 bridgehead atoms. The van der Waals surface area contributed by atoms with E-state index in [4.69, 9.17) is 4.42 Å². The van der Waals surface area contributed by atoms with Crippen LogP contribution >= 0.6 is 0 Å². The molecule has 0 N–H and O–H groups in total. The van der Waals surface area contributed by atoms with Crippen molar-refractivity contribution in [2.45, 2.75) is 26.7 Å². The minimum absolute atomic E-state index is 0.00696. The predicted octanol–water partition coefficient (Wildman–Crippen LogP) is 2.00. The molecule has 0 unspecified atom stereocenters. The van der Waals surface area contributed by atoms with Crippen LogP contribution in [0.4, 0.5) is 0 Å². The van der Waals surface area contributed by atoms with Gasteiger partial charge in [-0.15, -0.1) is 0 Å². The molecule has 1 aromatic rings. The number of amides is 2. The lowest BCUT2D eigenvalue weighted by molar-refractivity contribution is -0.136. The van der Waals surface area contributed by atoms with Crippen LogP contribution in [0.1, 0.15) is 37.0 Å². The Morgan fingerprint density at radius 3 is 2.45 bits per heavy atom. The van der Waals surface area contributed by atoms with Gasteiger partial charge in [0.15, 0.2) is 0 Å². The van der Waals surface area contributed by atoms with E-state index in [9.17, 15) is 9.59 Å². The van der Waals surface area contributed by atoms with Crippen LogP contribution in [0.2, 0.25) is 0 Å². The van der Waals surface area contributed by atoms with Crippen molar-refractivity contribution in [3.8, 4) is 0 Å². The second-order valence-corrected chi connectivity index (χ2v) is 5.09. The Balaban J connectivity index is 1.89. The zero-order valence-corrected chi connectivity index (χ0v) is 12.2. The van der Waals surface area contributed by atoms with E-state index in [1.807, 2.05) is 18.7 Å². The van der Waals surface area contributed by atoms with E-state index in [1.54, 1.807) is 11.0 Å². The van der Waals surface area contributed by atoms with Gasteiger partial charge in [0.05, 0.1) is 11.8 Å². The zero-order valence-electron chi connectivity index (χ0n) is 12.2. The molecule has 110 valence electrons. The summed E-state index contributed by atoms with van der Waals surface area (Å²) < 4.78 is 4.94. The van der Waals surface area contributed by atoms with Crippen LogP contribution in [0.25, 0.3) is 0 Å². The van der Waals surface area contributed by atoms with Crippen molar-refractivity contribution in [2.24, 2.45) is 5.92 Å². The molecule has 5 nitrogen and oxygen atoms in total. The number of hydrogen-bond acceptors (Lipinski definition) is 3. The first-order valence-corrected chi connectivity index (χ1v) is 7.27. The molecular formula is C15H22N2O3. The SMILES string of the molecule is CCN(CC)C(=O)C1CCN(C(=O)c2ccoc2)CC1. The first-order valence-electron chi connectivity index (χ1n) is 7.27. The highest BCUT2D eigenvalue weighted by Crippen LogP contribution is 2.21.